The lowest BCUT2D eigenvalue weighted by atomic mass is 10.1. The predicted molar refractivity (Wildman–Crippen MR) is 81.8 cm³/mol. The molecule has 1 aliphatic heterocycles. The molecule has 0 bridgehead atoms. The van der Waals surface area contributed by atoms with Crippen LogP contribution in [0.3, 0.4) is 0 Å². The fourth-order valence-electron chi connectivity index (χ4n) is 2.65. The molecule has 1 heterocycles. The molecular formula is C14H21N3O3S. The molecule has 6 nitrogen and oxygen atoms in total. The van der Waals surface area contributed by atoms with E-state index in [1.54, 1.807) is 33.0 Å². The lowest BCUT2D eigenvalue weighted by molar-refractivity contribution is -0.124. The van der Waals surface area contributed by atoms with E-state index in [9.17, 15) is 13.2 Å². The number of hydrogen-bond acceptors (Lipinski definition) is 4. The second kappa shape index (κ2) is 6.03. The number of anilines is 1. The molecule has 1 saturated heterocycles. The largest absolute Gasteiger partial charge is 0.388 e. The Kier molecular flexibility index (Phi) is 4.53. The van der Waals surface area contributed by atoms with E-state index in [4.69, 9.17) is 0 Å². The summed E-state index contributed by atoms with van der Waals surface area (Å²) in [6.07, 6.45) is 1.30. The summed E-state index contributed by atoms with van der Waals surface area (Å²) >= 11 is 0. The molecule has 1 fully saturated rings. The van der Waals surface area contributed by atoms with Gasteiger partial charge in [-0.25, -0.2) is 8.42 Å². The smallest absolute Gasteiger partial charge is 0.241 e. The molecule has 1 unspecified atom stereocenters. The Hall–Kier alpha value is -1.60. The van der Waals surface area contributed by atoms with Gasteiger partial charge in [0.25, 0.3) is 0 Å². The van der Waals surface area contributed by atoms with Crippen LogP contribution in [0.4, 0.5) is 5.69 Å². The molecule has 7 heteroatoms. The summed E-state index contributed by atoms with van der Waals surface area (Å²) in [4.78, 5) is 12.0. The lowest BCUT2D eigenvalue weighted by Gasteiger charge is -2.23. The van der Waals surface area contributed by atoms with Crippen LogP contribution >= 0.6 is 0 Å². The summed E-state index contributed by atoms with van der Waals surface area (Å²) in [5.74, 6) is -0.257. The van der Waals surface area contributed by atoms with Crippen LogP contribution in [-0.2, 0) is 14.8 Å². The van der Waals surface area contributed by atoms with Gasteiger partial charge in [0.15, 0.2) is 0 Å². The maximum absolute atomic E-state index is 12.6. The third-order valence-electron chi connectivity index (χ3n) is 3.60. The molecule has 0 aliphatic carbocycles. The van der Waals surface area contributed by atoms with Gasteiger partial charge in [-0.05, 0) is 49.9 Å². The lowest BCUT2D eigenvalue weighted by Crippen LogP contribution is -2.50. The number of piperidine rings is 1. The van der Waals surface area contributed by atoms with Crippen molar-refractivity contribution in [2.24, 2.45) is 0 Å². The molecule has 0 radical (unpaired) electrons. The highest BCUT2D eigenvalue weighted by Gasteiger charge is 2.29. The second-order valence-corrected chi connectivity index (χ2v) is 6.95. The number of nitrogens with one attached hydrogen (secondary N) is 3. The molecule has 1 amide bonds. The van der Waals surface area contributed by atoms with E-state index >= 15 is 0 Å². The summed E-state index contributed by atoms with van der Waals surface area (Å²) < 4.78 is 27.7. The SMILES string of the molecule is CNc1cc(C)c(S(=O)(=O)NC2CCCNC2=O)c(C)c1. The standard InChI is InChI=1S/C14H21N3O3S/c1-9-7-11(15-3)8-10(2)13(9)21(19,20)17-12-5-4-6-16-14(12)18/h7-8,12,15,17H,4-6H2,1-3H3,(H,16,18). The Balaban J connectivity index is 2.33. The molecule has 3 N–H and O–H groups in total. The van der Waals surface area contributed by atoms with Gasteiger partial charge in [0, 0.05) is 19.3 Å². The molecule has 0 aromatic heterocycles. The van der Waals surface area contributed by atoms with Crippen LogP contribution in [0.5, 0.6) is 0 Å². The zero-order chi connectivity index (χ0) is 15.6. The van der Waals surface area contributed by atoms with E-state index in [2.05, 4.69) is 15.4 Å². The van der Waals surface area contributed by atoms with Crippen LogP contribution in [-0.4, -0.2) is 34.0 Å². The van der Waals surface area contributed by atoms with Gasteiger partial charge in [-0.15, -0.1) is 0 Å². The number of rotatable bonds is 4. The highest BCUT2D eigenvalue weighted by atomic mass is 32.2. The summed E-state index contributed by atoms with van der Waals surface area (Å²) in [7, 11) is -1.93. The summed E-state index contributed by atoms with van der Waals surface area (Å²) in [5.41, 5.74) is 2.17. The van der Waals surface area contributed by atoms with Gasteiger partial charge in [0.2, 0.25) is 15.9 Å². The Morgan fingerprint density at radius 1 is 1.24 bits per heavy atom. The van der Waals surface area contributed by atoms with Crippen molar-refractivity contribution in [1.82, 2.24) is 10.0 Å². The number of carbonyl (C=O) groups excluding carboxylic acids is 1. The highest BCUT2D eigenvalue weighted by Crippen LogP contribution is 2.24. The van der Waals surface area contributed by atoms with E-state index in [1.165, 1.54) is 0 Å². The maximum atomic E-state index is 12.6. The van der Waals surface area contributed by atoms with Gasteiger partial charge in [-0.1, -0.05) is 0 Å². The van der Waals surface area contributed by atoms with Crippen molar-refractivity contribution >= 4 is 21.6 Å². The Morgan fingerprint density at radius 2 is 1.86 bits per heavy atom. The van der Waals surface area contributed by atoms with Crippen molar-refractivity contribution in [1.29, 1.82) is 0 Å². The number of aryl methyl sites for hydroxylation is 2. The average molecular weight is 311 g/mol. The minimum Gasteiger partial charge on any atom is -0.388 e. The minimum absolute atomic E-state index is 0.250. The van der Waals surface area contributed by atoms with E-state index < -0.39 is 16.1 Å². The first-order valence-electron chi connectivity index (χ1n) is 6.94. The zero-order valence-electron chi connectivity index (χ0n) is 12.5. The molecular weight excluding hydrogens is 290 g/mol. The van der Waals surface area contributed by atoms with Crippen LogP contribution < -0.4 is 15.4 Å². The average Bonchev–Trinajstić information content (AvgIpc) is 2.40. The van der Waals surface area contributed by atoms with Gasteiger partial charge in [-0.2, -0.15) is 4.72 Å². The van der Waals surface area contributed by atoms with Crippen molar-refractivity contribution in [2.75, 3.05) is 18.9 Å². The molecule has 0 saturated carbocycles. The minimum atomic E-state index is -3.72. The molecule has 2 rings (SSSR count). The van der Waals surface area contributed by atoms with Gasteiger partial charge >= 0.3 is 0 Å². The third kappa shape index (κ3) is 3.36. The number of hydrogen-bond donors (Lipinski definition) is 3. The highest BCUT2D eigenvalue weighted by molar-refractivity contribution is 7.89. The van der Waals surface area contributed by atoms with Crippen LogP contribution in [0, 0.1) is 13.8 Å². The molecule has 116 valence electrons. The van der Waals surface area contributed by atoms with Crippen LogP contribution in [0.15, 0.2) is 17.0 Å². The molecule has 1 aromatic rings. The fourth-order valence-corrected chi connectivity index (χ4v) is 4.33. The van der Waals surface area contributed by atoms with Gasteiger partial charge in [0.05, 0.1) is 4.90 Å². The first-order valence-corrected chi connectivity index (χ1v) is 8.42. The van der Waals surface area contributed by atoms with Crippen LogP contribution in [0.2, 0.25) is 0 Å². The second-order valence-electron chi connectivity index (χ2n) is 5.30. The first-order chi connectivity index (χ1) is 9.85. The van der Waals surface area contributed by atoms with Crippen molar-refractivity contribution in [3.63, 3.8) is 0 Å². The molecule has 1 atom stereocenters. The number of benzene rings is 1. The van der Waals surface area contributed by atoms with Crippen molar-refractivity contribution in [3.05, 3.63) is 23.3 Å². The third-order valence-corrected chi connectivity index (χ3v) is 5.38. The fraction of sp³-hybridized carbons (Fsp3) is 0.500. The van der Waals surface area contributed by atoms with Crippen LogP contribution in [0.25, 0.3) is 0 Å². The van der Waals surface area contributed by atoms with Crippen molar-refractivity contribution < 1.29 is 13.2 Å². The number of carbonyl (C=O) groups is 1. The van der Waals surface area contributed by atoms with Gasteiger partial charge in [0.1, 0.15) is 6.04 Å². The van der Waals surface area contributed by atoms with E-state index in [1.807, 2.05) is 0 Å². The summed E-state index contributed by atoms with van der Waals surface area (Å²) in [5, 5.41) is 5.67. The topological polar surface area (TPSA) is 87.3 Å². The van der Waals surface area contributed by atoms with Gasteiger partial charge in [-0.3, -0.25) is 4.79 Å². The Labute approximate surface area is 125 Å². The molecule has 21 heavy (non-hydrogen) atoms. The van der Waals surface area contributed by atoms with Crippen molar-refractivity contribution in [2.45, 2.75) is 37.6 Å². The van der Waals surface area contributed by atoms with E-state index in [-0.39, 0.29) is 10.8 Å². The maximum Gasteiger partial charge on any atom is 0.241 e. The number of sulfonamides is 1. The Bertz CT molecular complexity index is 632. The normalized spacial score (nSPS) is 19.2. The molecule has 1 aliphatic rings. The Morgan fingerprint density at radius 3 is 2.38 bits per heavy atom. The number of amides is 1. The monoisotopic (exact) mass is 311 g/mol. The van der Waals surface area contributed by atoms with E-state index in [0.717, 1.165) is 12.1 Å². The predicted octanol–water partition coefficient (Wildman–Crippen LogP) is 0.902. The molecule has 1 aromatic carbocycles. The van der Waals surface area contributed by atoms with Gasteiger partial charge < -0.3 is 10.6 Å². The summed E-state index contributed by atoms with van der Waals surface area (Å²) in [6, 6.07) is 2.87. The zero-order valence-corrected chi connectivity index (χ0v) is 13.3. The molecule has 0 spiro atoms. The first kappa shape index (κ1) is 15.8. The summed E-state index contributed by atoms with van der Waals surface area (Å²) in [6.45, 7) is 4.11. The van der Waals surface area contributed by atoms with Crippen LogP contribution in [0.1, 0.15) is 24.0 Å². The quantitative estimate of drug-likeness (QED) is 0.771. The van der Waals surface area contributed by atoms with E-state index in [0.29, 0.717) is 24.1 Å². The van der Waals surface area contributed by atoms with Crippen molar-refractivity contribution in [3.8, 4) is 0 Å².